The van der Waals surface area contributed by atoms with E-state index in [0.717, 1.165) is 9.47 Å². The van der Waals surface area contributed by atoms with Crippen LogP contribution in [-0.4, -0.2) is 33.9 Å². The Morgan fingerprint density at radius 2 is 2.22 bits per heavy atom. The van der Waals surface area contributed by atoms with Gasteiger partial charge in [0.05, 0.1) is 5.25 Å². The number of amides is 1. The first kappa shape index (κ1) is 15.0. The molecule has 0 aliphatic carbocycles. The van der Waals surface area contributed by atoms with Crippen LogP contribution in [0.2, 0.25) is 0 Å². The molecule has 18 heavy (non-hydrogen) atoms. The predicted molar refractivity (Wildman–Crippen MR) is 77.2 cm³/mol. The first-order chi connectivity index (χ1) is 8.52. The highest BCUT2D eigenvalue weighted by molar-refractivity contribution is 8.02. The zero-order valence-corrected chi connectivity index (χ0v) is 12.4. The van der Waals surface area contributed by atoms with Crippen molar-refractivity contribution < 1.29 is 4.79 Å². The van der Waals surface area contributed by atoms with E-state index in [4.69, 9.17) is 0 Å². The molecule has 0 saturated heterocycles. The Morgan fingerprint density at radius 1 is 1.50 bits per heavy atom. The summed E-state index contributed by atoms with van der Waals surface area (Å²) >= 11 is 2.85. The first-order valence-electron chi connectivity index (χ1n) is 5.68. The van der Waals surface area contributed by atoms with Crippen LogP contribution in [0.5, 0.6) is 0 Å². The van der Waals surface area contributed by atoms with Crippen molar-refractivity contribution in [1.82, 2.24) is 15.5 Å². The lowest BCUT2D eigenvalue weighted by Crippen LogP contribution is -2.35. The van der Waals surface area contributed by atoms with Gasteiger partial charge in [0.1, 0.15) is 0 Å². The molecule has 1 rings (SSSR count). The molecule has 0 fully saturated rings. The maximum absolute atomic E-state index is 11.7. The minimum Gasteiger partial charge on any atom is -0.357 e. The van der Waals surface area contributed by atoms with Crippen molar-refractivity contribution in [3.8, 4) is 0 Å². The molecule has 1 aromatic heterocycles. The van der Waals surface area contributed by atoms with E-state index < -0.39 is 0 Å². The summed E-state index contributed by atoms with van der Waals surface area (Å²) in [4.78, 5) is 11.7. The van der Waals surface area contributed by atoms with Crippen molar-refractivity contribution in [2.24, 2.45) is 0 Å². The van der Waals surface area contributed by atoms with Crippen LogP contribution in [0.25, 0.3) is 0 Å². The van der Waals surface area contributed by atoms with Crippen molar-refractivity contribution in [2.75, 3.05) is 11.9 Å². The molecule has 1 atom stereocenters. The van der Waals surface area contributed by atoms with Crippen LogP contribution in [0, 0.1) is 0 Å². The summed E-state index contributed by atoms with van der Waals surface area (Å²) < 4.78 is 0.785. The summed E-state index contributed by atoms with van der Waals surface area (Å²) in [6.45, 7) is 10.0. The fraction of sp³-hybridized carbons (Fsp3) is 0.545. The van der Waals surface area contributed by atoms with E-state index in [1.165, 1.54) is 23.1 Å². The number of rotatable bonds is 7. The normalized spacial score (nSPS) is 12.2. The van der Waals surface area contributed by atoms with Gasteiger partial charge in [0.15, 0.2) is 4.34 Å². The standard InChI is InChI=1S/C11H18N4OS2/c1-5-6-12-10-14-15-11(18-10)17-8(4)9(16)13-7(2)3/h5,7-8H,1,6H2,2-4H3,(H,12,14)(H,13,16)/t8-/m1/s1. The molecule has 2 N–H and O–H groups in total. The second-order valence-corrected chi connectivity index (χ2v) is 6.53. The van der Waals surface area contributed by atoms with Gasteiger partial charge >= 0.3 is 0 Å². The summed E-state index contributed by atoms with van der Waals surface area (Å²) in [7, 11) is 0. The molecule has 0 radical (unpaired) electrons. The molecule has 0 spiro atoms. The van der Waals surface area contributed by atoms with Gasteiger partial charge in [-0.3, -0.25) is 4.79 Å². The molecular formula is C11H18N4OS2. The molecule has 5 nitrogen and oxygen atoms in total. The molecule has 0 aliphatic heterocycles. The summed E-state index contributed by atoms with van der Waals surface area (Å²) in [6, 6.07) is 0.153. The molecule has 0 bridgehead atoms. The molecule has 7 heteroatoms. The maximum atomic E-state index is 11.7. The van der Waals surface area contributed by atoms with Crippen molar-refractivity contribution in [3.63, 3.8) is 0 Å². The number of thioether (sulfide) groups is 1. The van der Waals surface area contributed by atoms with E-state index in [0.29, 0.717) is 6.54 Å². The Morgan fingerprint density at radius 3 is 2.83 bits per heavy atom. The van der Waals surface area contributed by atoms with Gasteiger partial charge in [0.25, 0.3) is 0 Å². The highest BCUT2D eigenvalue weighted by Crippen LogP contribution is 2.28. The Kier molecular flexibility index (Phi) is 6.14. The SMILES string of the molecule is C=CCNc1nnc(S[C@H](C)C(=O)NC(C)C)s1. The summed E-state index contributed by atoms with van der Waals surface area (Å²) in [5.74, 6) is 0.0193. The van der Waals surface area contributed by atoms with Gasteiger partial charge in [0, 0.05) is 12.6 Å². The molecule has 0 aromatic carbocycles. The average Bonchev–Trinajstić information content (AvgIpc) is 2.73. The number of hydrogen-bond donors (Lipinski definition) is 2. The smallest absolute Gasteiger partial charge is 0.233 e. The van der Waals surface area contributed by atoms with E-state index >= 15 is 0 Å². The largest absolute Gasteiger partial charge is 0.357 e. The third-order valence-electron chi connectivity index (χ3n) is 1.88. The van der Waals surface area contributed by atoms with Gasteiger partial charge in [0.2, 0.25) is 11.0 Å². The Labute approximate surface area is 115 Å². The quantitative estimate of drug-likeness (QED) is 0.594. The van der Waals surface area contributed by atoms with Crippen molar-refractivity contribution >= 4 is 34.1 Å². The van der Waals surface area contributed by atoms with Crippen LogP contribution >= 0.6 is 23.1 Å². The first-order valence-corrected chi connectivity index (χ1v) is 7.38. The van der Waals surface area contributed by atoms with Gasteiger partial charge in [-0.2, -0.15) is 0 Å². The van der Waals surface area contributed by atoms with Crippen LogP contribution in [0.1, 0.15) is 20.8 Å². The van der Waals surface area contributed by atoms with E-state index in [2.05, 4.69) is 27.4 Å². The average molecular weight is 286 g/mol. The second-order valence-electron chi connectivity index (χ2n) is 3.97. The van der Waals surface area contributed by atoms with Crippen LogP contribution in [0.15, 0.2) is 17.0 Å². The lowest BCUT2D eigenvalue weighted by atomic mass is 10.3. The van der Waals surface area contributed by atoms with E-state index in [9.17, 15) is 4.79 Å². The van der Waals surface area contributed by atoms with Crippen molar-refractivity contribution in [1.29, 1.82) is 0 Å². The van der Waals surface area contributed by atoms with Gasteiger partial charge in [-0.1, -0.05) is 29.2 Å². The van der Waals surface area contributed by atoms with Crippen LogP contribution in [0.4, 0.5) is 5.13 Å². The highest BCUT2D eigenvalue weighted by atomic mass is 32.2. The molecule has 1 heterocycles. The number of carbonyl (C=O) groups is 1. The van der Waals surface area contributed by atoms with Crippen LogP contribution in [0.3, 0.4) is 0 Å². The topological polar surface area (TPSA) is 66.9 Å². The Bertz CT molecular complexity index is 406. The molecule has 0 unspecified atom stereocenters. The molecule has 0 saturated carbocycles. The summed E-state index contributed by atoms with van der Waals surface area (Å²) in [5, 5.41) is 14.5. The minimum atomic E-state index is -0.174. The third-order valence-corrected chi connectivity index (χ3v) is 3.95. The van der Waals surface area contributed by atoms with Crippen LogP contribution in [-0.2, 0) is 4.79 Å². The Hall–Kier alpha value is -1.08. The lowest BCUT2D eigenvalue weighted by molar-refractivity contribution is -0.120. The predicted octanol–water partition coefficient (Wildman–Crippen LogP) is 2.14. The second kappa shape index (κ2) is 7.38. The fourth-order valence-corrected chi connectivity index (χ4v) is 3.01. The number of nitrogens with one attached hydrogen (secondary N) is 2. The zero-order chi connectivity index (χ0) is 13.5. The van der Waals surface area contributed by atoms with Gasteiger partial charge in [-0.15, -0.1) is 16.8 Å². The number of nitrogens with zero attached hydrogens (tertiary/aromatic N) is 2. The number of hydrogen-bond acceptors (Lipinski definition) is 6. The molecule has 100 valence electrons. The summed E-state index contributed by atoms with van der Waals surface area (Å²) in [5.41, 5.74) is 0. The number of aromatic nitrogens is 2. The number of carbonyl (C=O) groups excluding carboxylic acids is 1. The highest BCUT2D eigenvalue weighted by Gasteiger charge is 2.17. The number of anilines is 1. The molecule has 0 aliphatic rings. The Balaban J connectivity index is 2.48. The lowest BCUT2D eigenvalue weighted by Gasteiger charge is -2.12. The van der Waals surface area contributed by atoms with Crippen LogP contribution < -0.4 is 10.6 Å². The third kappa shape index (κ3) is 5.05. The van der Waals surface area contributed by atoms with Gasteiger partial charge in [-0.05, 0) is 20.8 Å². The monoisotopic (exact) mass is 286 g/mol. The van der Waals surface area contributed by atoms with Gasteiger partial charge in [-0.25, -0.2) is 0 Å². The summed E-state index contributed by atoms with van der Waals surface area (Å²) in [6.07, 6.45) is 1.76. The van der Waals surface area contributed by atoms with Crippen molar-refractivity contribution in [2.45, 2.75) is 36.4 Å². The minimum absolute atomic E-state index is 0.0193. The van der Waals surface area contributed by atoms with E-state index in [1.807, 2.05) is 20.8 Å². The molecule has 1 amide bonds. The zero-order valence-electron chi connectivity index (χ0n) is 10.8. The molecular weight excluding hydrogens is 268 g/mol. The fourth-order valence-electron chi connectivity index (χ4n) is 1.09. The molecule has 1 aromatic rings. The van der Waals surface area contributed by atoms with E-state index in [-0.39, 0.29) is 17.2 Å². The van der Waals surface area contributed by atoms with Crippen molar-refractivity contribution in [3.05, 3.63) is 12.7 Å². The van der Waals surface area contributed by atoms with E-state index in [1.54, 1.807) is 6.08 Å². The maximum Gasteiger partial charge on any atom is 0.233 e. The van der Waals surface area contributed by atoms with Gasteiger partial charge < -0.3 is 10.6 Å².